The highest BCUT2D eigenvalue weighted by atomic mass is 32.1. The molecule has 0 aliphatic heterocycles. The van der Waals surface area contributed by atoms with Crippen LogP contribution >= 0.6 is 11.3 Å². The Bertz CT molecular complexity index is 1200. The third-order valence-corrected chi connectivity index (χ3v) is 6.84. The third kappa shape index (κ3) is 4.23. The lowest BCUT2D eigenvalue weighted by molar-refractivity contribution is -0.130. The highest BCUT2D eigenvalue weighted by Crippen LogP contribution is 2.31. The van der Waals surface area contributed by atoms with Crippen molar-refractivity contribution in [2.75, 3.05) is 0 Å². The van der Waals surface area contributed by atoms with E-state index in [1.54, 1.807) is 22.9 Å². The highest BCUT2D eigenvalue weighted by Gasteiger charge is 2.35. The van der Waals surface area contributed by atoms with Crippen molar-refractivity contribution in [3.05, 3.63) is 46.7 Å². The molecule has 1 saturated carbocycles. The average Bonchev–Trinajstić information content (AvgIpc) is 3.36. The van der Waals surface area contributed by atoms with Gasteiger partial charge in [-0.3, -0.25) is 4.79 Å². The predicted molar refractivity (Wildman–Crippen MR) is 118 cm³/mol. The maximum absolute atomic E-state index is 13.3. The van der Waals surface area contributed by atoms with Crippen LogP contribution in [0.3, 0.4) is 0 Å². The number of carbonyl (C=O) groups excluding carboxylic acids is 2. The number of nitriles is 1. The number of esters is 1. The van der Waals surface area contributed by atoms with Gasteiger partial charge in [-0.1, -0.05) is 19.3 Å². The van der Waals surface area contributed by atoms with E-state index in [1.165, 1.54) is 30.4 Å². The third-order valence-electron chi connectivity index (χ3n) is 5.75. The first-order chi connectivity index (χ1) is 15.3. The van der Waals surface area contributed by atoms with Crippen LogP contribution in [-0.2, 0) is 9.53 Å². The van der Waals surface area contributed by atoms with Gasteiger partial charge in [-0.25, -0.2) is 13.9 Å². The molecule has 2 aromatic heterocycles. The summed E-state index contributed by atoms with van der Waals surface area (Å²) in [5.74, 6) is -1.44. The van der Waals surface area contributed by atoms with Crippen molar-refractivity contribution >= 4 is 33.4 Å². The summed E-state index contributed by atoms with van der Waals surface area (Å²) in [6, 6.07) is 9.84. The van der Waals surface area contributed by atoms with Gasteiger partial charge >= 0.3 is 5.97 Å². The van der Waals surface area contributed by atoms with E-state index in [9.17, 15) is 19.2 Å². The fraction of sp³-hybridized carbons (Fsp3) is 0.391. The summed E-state index contributed by atoms with van der Waals surface area (Å²) in [6.45, 7) is 3.33. The number of amides is 1. The second-order valence-corrected chi connectivity index (χ2v) is 9.13. The van der Waals surface area contributed by atoms with E-state index in [-0.39, 0.29) is 5.82 Å². The number of carbonyl (C=O) groups is 2. The number of benzene rings is 1. The number of halogens is 1. The van der Waals surface area contributed by atoms with Gasteiger partial charge < -0.3 is 10.1 Å². The number of hydrogen-bond acceptors (Lipinski definition) is 6. The number of aryl methyl sites for hydroxylation is 1. The number of thiophene rings is 1. The van der Waals surface area contributed by atoms with E-state index in [4.69, 9.17) is 4.74 Å². The number of rotatable bonds is 5. The van der Waals surface area contributed by atoms with Gasteiger partial charge in [0.05, 0.1) is 17.5 Å². The minimum absolute atomic E-state index is 0.337. The van der Waals surface area contributed by atoms with Gasteiger partial charge in [0.15, 0.2) is 6.10 Å². The molecular formula is C23H23FN4O3S. The van der Waals surface area contributed by atoms with E-state index in [1.807, 2.05) is 6.92 Å². The van der Waals surface area contributed by atoms with E-state index in [2.05, 4.69) is 16.5 Å². The number of ether oxygens (including phenoxy) is 1. The van der Waals surface area contributed by atoms with Crippen molar-refractivity contribution < 1.29 is 18.7 Å². The van der Waals surface area contributed by atoms with E-state index >= 15 is 0 Å². The Morgan fingerprint density at radius 2 is 1.97 bits per heavy atom. The molecule has 1 N–H and O–H groups in total. The predicted octanol–water partition coefficient (Wildman–Crippen LogP) is 4.42. The summed E-state index contributed by atoms with van der Waals surface area (Å²) >= 11 is 1.19. The summed E-state index contributed by atoms with van der Waals surface area (Å²) in [6.07, 6.45) is 2.98. The Morgan fingerprint density at radius 1 is 1.28 bits per heavy atom. The molecule has 1 atom stereocenters. The van der Waals surface area contributed by atoms with Crippen molar-refractivity contribution in [3.8, 4) is 11.8 Å². The molecule has 3 aromatic rings. The highest BCUT2D eigenvalue weighted by molar-refractivity contribution is 7.20. The van der Waals surface area contributed by atoms with E-state index < -0.39 is 23.5 Å². The Kier molecular flexibility index (Phi) is 5.98. The van der Waals surface area contributed by atoms with Crippen LogP contribution in [0.25, 0.3) is 15.9 Å². The summed E-state index contributed by atoms with van der Waals surface area (Å²) in [5, 5.41) is 17.6. The van der Waals surface area contributed by atoms with Crippen molar-refractivity contribution in [2.24, 2.45) is 0 Å². The molecule has 1 fully saturated rings. The first-order valence-electron chi connectivity index (χ1n) is 10.5. The van der Waals surface area contributed by atoms with Gasteiger partial charge in [0.1, 0.15) is 21.1 Å². The van der Waals surface area contributed by atoms with Gasteiger partial charge in [-0.2, -0.15) is 10.4 Å². The number of fused-ring (bicyclic) bond motifs is 1. The summed E-state index contributed by atoms with van der Waals surface area (Å²) < 4.78 is 20.3. The van der Waals surface area contributed by atoms with E-state index in [0.717, 1.165) is 35.2 Å². The topological polar surface area (TPSA) is 97.0 Å². The lowest BCUT2D eigenvalue weighted by Gasteiger charge is -2.32. The lowest BCUT2D eigenvalue weighted by Crippen LogP contribution is -2.52. The van der Waals surface area contributed by atoms with Crippen molar-refractivity contribution in [1.29, 1.82) is 5.26 Å². The molecule has 0 bridgehead atoms. The second-order valence-electron chi connectivity index (χ2n) is 8.09. The molecule has 4 rings (SSSR count). The average molecular weight is 455 g/mol. The first-order valence-corrected chi connectivity index (χ1v) is 11.3. The Labute approximate surface area is 188 Å². The zero-order valence-electron chi connectivity index (χ0n) is 17.9. The standard InChI is InChI=1S/C23H23FN4O3S/c1-14-18-12-19(32-21(18)28(27-14)17-8-6-16(24)7-9-17)22(30)31-15(2)20(29)26-23(13-25)10-4-3-5-11-23/h6-9,12,15H,3-5,10-11H2,1-2H3,(H,26,29)/t15-/m1/s1. The molecule has 1 aromatic carbocycles. The van der Waals surface area contributed by atoms with Gasteiger partial charge in [0, 0.05) is 5.39 Å². The normalized spacial score (nSPS) is 16.3. The molecule has 1 aliphatic carbocycles. The van der Waals surface area contributed by atoms with Crippen LogP contribution in [0.5, 0.6) is 0 Å². The number of nitrogens with zero attached hydrogens (tertiary/aromatic N) is 3. The number of hydrogen-bond donors (Lipinski definition) is 1. The van der Waals surface area contributed by atoms with Crippen molar-refractivity contribution in [3.63, 3.8) is 0 Å². The Balaban J connectivity index is 1.50. The molecule has 2 heterocycles. The largest absolute Gasteiger partial charge is 0.448 e. The zero-order valence-corrected chi connectivity index (χ0v) is 18.7. The molecule has 9 heteroatoms. The molecule has 0 spiro atoms. The SMILES string of the molecule is Cc1nn(-c2ccc(F)cc2)c2sc(C(=O)O[C@H](C)C(=O)NC3(C#N)CCCCC3)cc12. The molecule has 0 saturated heterocycles. The summed E-state index contributed by atoms with van der Waals surface area (Å²) in [4.78, 5) is 26.4. The van der Waals surface area contributed by atoms with Crippen LogP contribution < -0.4 is 5.32 Å². The molecule has 32 heavy (non-hydrogen) atoms. The molecule has 1 aliphatic rings. The fourth-order valence-corrected chi connectivity index (χ4v) is 5.00. The van der Waals surface area contributed by atoms with Gasteiger partial charge in [0.2, 0.25) is 0 Å². The van der Waals surface area contributed by atoms with Crippen LogP contribution in [0, 0.1) is 24.1 Å². The minimum atomic E-state index is -1.03. The summed E-state index contributed by atoms with van der Waals surface area (Å²) in [7, 11) is 0. The second kappa shape index (κ2) is 8.71. The van der Waals surface area contributed by atoms with Crippen LogP contribution in [0.15, 0.2) is 30.3 Å². The van der Waals surface area contributed by atoms with Crippen LogP contribution in [0.1, 0.15) is 54.4 Å². The first kappa shape index (κ1) is 22.0. The maximum atomic E-state index is 13.3. The lowest BCUT2D eigenvalue weighted by atomic mass is 9.83. The van der Waals surface area contributed by atoms with Crippen LogP contribution in [0.4, 0.5) is 4.39 Å². The molecule has 1 amide bonds. The molecular weight excluding hydrogens is 431 g/mol. The van der Waals surface area contributed by atoms with Crippen molar-refractivity contribution in [1.82, 2.24) is 15.1 Å². The monoisotopic (exact) mass is 454 g/mol. The van der Waals surface area contributed by atoms with Gasteiger partial charge in [-0.15, -0.1) is 11.3 Å². The fourth-order valence-electron chi connectivity index (χ4n) is 3.93. The van der Waals surface area contributed by atoms with Gasteiger partial charge in [0.25, 0.3) is 5.91 Å². The number of nitrogens with one attached hydrogen (secondary N) is 1. The van der Waals surface area contributed by atoms with E-state index in [0.29, 0.717) is 23.4 Å². The Hall–Kier alpha value is -3.25. The summed E-state index contributed by atoms with van der Waals surface area (Å²) in [5.41, 5.74) is 0.510. The van der Waals surface area contributed by atoms with Crippen LogP contribution in [-0.4, -0.2) is 33.3 Å². The minimum Gasteiger partial charge on any atom is -0.448 e. The molecule has 0 radical (unpaired) electrons. The molecule has 7 nitrogen and oxygen atoms in total. The van der Waals surface area contributed by atoms with Gasteiger partial charge in [-0.05, 0) is 57.0 Å². The molecule has 166 valence electrons. The quantitative estimate of drug-likeness (QED) is 0.576. The van der Waals surface area contributed by atoms with Crippen LogP contribution in [0.2, 0.25) is 0 Å². The molecule has 0 unspecified atom stereocenters. The zero-order chi connectivity index (χ0) is 22.9. The Morgan fingerprint density at radius 3 is 2.62 bits per heavy atom. The smallest absolute Gasteiger partial charge is 0.349 e. The van der Waals surface area contributed by atoms with Crippen molar-refractivity contribution in [2.45, 2.75) is 57.6 Å². The number of aromatic nitrogens is 2. The maximum Gasteiger partial charge on any atom is 0.349 e.